The maximum Gasteiger partial charge on any atom is 0.343 e. The van der Waals surface area contributed by atoms with Crippen molar-refractivity contribution in [2.45, 2.75) is 13.5 Å². The Morgan fingerprint density at radius 2 is 2.23 bits per heavy atom. The molecular weight excluding hydrogens is 170 g/mol. The van der Waals surface area contributed by atoms with Crippen LogP contribution in [0.4, 0.5) is 0 Å². The molecule has 1 N–H and O–H groups in total. The number of hydrogen-bond acceptors (Lipinski definition) is 2. The topological polar surface area (TPSA) is 59.3 Å². The molecule has 0 fully saturated rings. The van der Waals surface area contributed by atoms with Gasteiger partial charge in [-0.2, -0.15) is 0 Å². The van der Waals surface area contributed by atoms with Crippen molar-refractivity contribution in [3.8, 4) is 0 Å². The first-order chi connectivity index (χ1) is 6.24. The van der Waals surface area contributed by atoms with Gasteiger partial charge in [0, 0.05) is 12.7 Å². The lowest BCUT2D eigenvalue weighted by Gasteiger charge is -2.04. The Morgan fingerprint density at radius 1 is 1.46 bits per heavy atom. The molecule has 68 valence electrons. The first-order valence-corrected chi connectivity index (χ1v) is 4.04. The van der Waals surface area contributed by atoms with E-state index in [0.717, 1.165) is 0 Å². The summed E-state index contributed by atoms with van der Waals surface area (Å²) in [5, 5.41) is 0. The van der Waals surface area contributed by atoms with Crippen molar-refractivity contribution >= 4 is 5.52 Å². The van der Waals surface area contributed by atoms with Gasteiger partial charge in [-0.15, -0.1) is 0 Å². The van der Waals surface area contributed by atoms with E-state index in [2.05, 4.69) is 4.98 Å². The number of nitrogens with one attached hydrogen (secondary N) is 1. The van der Waals surface area contributed by atoms with E-state index in [1.807, 2.05) is 6.92 Å². The highest BCUT2D eigenvalue weighted by molar-refractivity contribution is 5.43. The van der Waals surface area contributed by atoms with Gasteiger partial charge in [-0.3, -0.25) is 14.3 Å². The number of fused-ring (bicyclic) bond motifs is 1. The molecule has 0 bridgehead atoms. The van der Waals surface area contributed by atoms with Gasteiger partial charge in [0.05, 0.1) is 0 Å². The quantitative estimate of drug-likeness (QED) is 0.659. The summed E-state index contributed by atoms with van der Waals surface area (Å²) in [5.41, 5.74) is -0.239. The minimum absolute atomic E-state index is 0.347. The Bertz CT molecular complexity index is 546. The lowest BCUT2D eigenvalue weighted by atomic mass is 10.5. The van der Waals surface area contributed by atoms with Crippen molar-refractivity contribution < 1.29 is 0 Å². The van der Waals surface area contributed by atoms with Crippen molar-refractivity contribution in [1.29, 1.82) is 0 Å². The number of aromatic nitrogens is 3. The molecule has 0 unspecified atom stereocenters. The van der Waals surface area contributed by atoms with Crippen LogP contribution in [0.25, 0.3) is 5.52 Å². The first kappa shape index (κ1) is 7.85. The third-order valence-electron chi connectivity index (χ3n) is 1.98. The average Bonchev–Trinajstić information content (AvgIpc) is 2.53. The molecule has 2 aromatic rings. The molecule has 0 aromatic carbocycles. The fourth-order valence-corrected chi connectivity index (χ4v) is 1.38. The number of rotatable bonds is 1. The molecule has 0 amide bonds. The van der Waals surface area contributed by atoms with Crippen molar-refractivity contribution in [2.75, 3.05) is 0 Å². The number of H-pyrrole nitrogens is 1. The SMILES string of the molecule is CCn1c(=O)[nH]c(=O)c2cccn21. The van der Waals surface area contributed by atoms with Gasteiger partial charge in [0.2, 0.25) is 0 Å². The smallest absolute Gasteiger partial charge is 0.271 e. The zero-order chi connectivity index (χ0) is 9.42. The van der Waals surface area contributed by atoms with Gasteiger partial charge in [0.15, 0.2) is 0 Å². The van der Waals surface area contributed by atoms with Gasteiger partial charge in [0.1, 0.15) is 5.52 Å². The van der Waals surface area contributed by atoms with Crippen molar-refractivity contribution in [3.63, 3.8) is 0 Å². The van der Waals surface area contributed by atoms with E-state index in [0.29, 0.717) is 12.1 Å². The molecule has 0 saturated carbocycles. The van der Waals surface area contributed by atoms with Gasteiger partial charge in [-0.1, -0.05) is 0 Å². The maximum absolute atomic E-state index is 11.3. The standard InChI is InChI=1S/C8H9N3O2/c1-2-10-8(13)9-7(12)6-4-3-5-11(6)10/h3-5H,2H2,1H3,(H,9,12,13). The van der Waals surface area contributed by atoms with Crippen LogP contribution in [0.1, 0.15) is 6.92 Å². The summed E-state index contributed by atoms with van der Waals surface area (Å²) < 4.78 is 3.01. The fraction of sp³-hybridized carbons (Fsp3) is 0.250. The lowest BCUT2D eigenvalue weighted by molar-refractivity contribution is 0.557. The van der Waals surface area contributed by atoms with Crippen molar-refractivity contribution in [1.82, 2.24) is 14.2 Å². The van der Waals surface area contributed by atoms with Crippen LogP contribution < -0.4 is 11.2 Å². The molecule has 2 heterocycles. The fourth-order valence-electron chi connectivity index (χ4n) is 1.38. The molecule has 2 aromatic heterocycles. The molecule has 0 aliphatic carbocycles. The van der Waals surface area contributed by atoms with Gasteiger partial charge in [-0.05, 0) is 19.1 Å². The molecule has 2 rings (SSSR count). The summed E-state index contributed by atoms with van der Waals surface area (Å²) in [4.78, 5) is 24.8. The molecule has 13 heavy (non-hydrogen) atoms. The van der Waals surface area contributed by atoms with E-state index in [4.69, 9.17) is 0 Å². The van der Waals surface area contributed by atoms with Crippen LogP contribution in [0, 0.1) is 0 Å². The van der Waals surface area contributed by atoms with Gasteiger partial charge in [0.25, 0.3) is 5.56 Å². The van der Waals surface area contributed by atoms with Crippen LogP contribution in [0.15, 0.2) is 27.9 Å². The van der Waals surface area contributed by atoms with Crippen molar-refractivity contribution in [2.24, 2.45) is 0 Å². The second kappa shape index (κ2) is 2.62. The average molecular weight is 179 g/mol. The van der Waals surface area contributed by atoms with Crippen LogP contribution in [-0.4, -0.2) is 14.2 Å². The van der Waals surface area contributed by atoms with Gasteiger partial charge >= 0.3 is 5.69 Å². The lowest BCUT2D eigenvalue weighted by Crippen LogP contribution is -2.33. The Hall–Kier alpha value is -1.78. The van der Waals surface area contributed by atoms with Crippen LogP contribution in [0.2, 0.25) is 0 Å². The van der Waals surface area contributed by atoms with Gasteiger partial charge in [-0.25, -0.2) is 9.48 Å². The molecule has 0 spiro atoms. The number of aromatic amines is 1. The van der Waals surface area contributed by atoms with Crippen LogP contribution in [0.5, 0.6) is 0 Å². The first-order valence-electron chi connectivity index (χ1n) is 4.04. The zero-order valence-electron chi connectivity index (χ0n) is 7.15. The zero-order valence-corrected chi connectivity index (χ0v) is 7.15. The molecule has 5 nitrogen and oxygen atoms in total. The molecule has 5 heteroatoms. The molecule has 0 aliphatic rings. The molecule has 0 radical (unpaired) electrons. The third kappa shape index (κ3) is 1.00. The second-order valence-corrected chi connectivity index (χ2v) is 2.71. The summed E-state index contributed by atoms with van der Waals surface area (Å²) in [6.07, 6.45) is 1.69. The Morgan fingerprint density at radius 3 is 2.92 bits per heavy atom. The molecule has 0 aliphatic heterocycles. The van der Waals surface area contributed by atoms with Crippen LogP contribution in [0.3, 0.4) is 0 Å². The minimum atomic E-state index is -0.379. The van der Waals surface area contributed by atoms with E-state index >= 15 is 0 Å². The summed E-state index contributed by atoms with van der Waals surface area (Å²) in [5.74, 6) is 0. The van der Waals surface area contributed by atoms with E-state index in [1.165, 1.54) is 4.68 Å². The Labute approximate surface area is 73.2 Å². The Balaban J connectivity index is 3.06. The second-order valence-electron chi connectivity index (χ2n) is 2.71. The monoisotopic (exact) mass is 179 g/mol. The largest absolute Gasteiger partial charge is 0.343 e. The molecular formula is C8H9N3O2. The Kier molecular flexibility index (Phi) is 1.58. The van der Waals surface area contributed by atoms with E-state index in [1.54, 1.807) is 22.8 Å². The molecule has 0 saturated heterocycles. The van der Waals surface area contributed by atoms with E-state index < -0.39 is 0 Å². The number of aryl methyl sites for hydroxylation is 1. The normalized spacial score (nSPS) is 10.8. The van der Waals surface area contributed by atoms with E-state index in [9.17, 15) is 9.59 Å². The predicted octanol–water partition coefficient (Wildman–Crippen LogP) is -0.191. The van der Waals surface area contributed by atoms with Crippen molar-refractivity contribution in [3.05, 3.63) is 39.2 Å². The minimum Gasteiger partial charge on any atom is -0.271 e. The van der Waals surface area contributed by atoms with Crippen LogP contribution in [-0.2, 0) is 6.54 Å². The number of nitrogens with zero attached hydrogens (tertiary/aromatic N) is 2. The maximum atomic E-state index is 11.3. The van der Waals surface area contributed by atoms with Crippen LogP contribution >= 0.6 is 0 Å². The third-order valence-corrected chi connectivity index (χ3v) is 1.98. The highest BCUT2D eigenvalue weighted by Crippen LogP contribution is 1.94. The number of hydrogen-bond donors (Lipinski definition) is 1. The highest BCUT2D eigenvalue weighted by atomic mass is 16.2. The summed E-state index contributed by atoms with van der Waals surface area (Å²) in [6.45, 7) is 2.37. The van der Waals surface area contributed by atoms with E-state index in [-0.39, 0.29) is 11.2 Å². The highest BCUT2D eigenvalue weighted by Gasteiger charge is 2.02. The predicted molar refractivity (Wildman–Crippen MR) is 48.0 cm³/mol. The summed E-state index contributed by atoms with van der Waals surface area (Å²) >= 11 is 0. The summed E-state index contributed by atoms with van der Waals surface area (Å²) in [6, 6.07) is 3.40. The summed E-state index contributed by atoms with van der Waals surface area (Å²) in [7, 11) is 0. The molecule has 0 atom stereocenters. The van der Waals surface area contributed by atoms with Gasteiger partial charge < -0.3 is 0 Å².